The molecular weight excluding hydrogens is 414 g/mol. The lowest BCUT2D eigenvalue weighted by Gasteiger charge is -2.24. The molecule has 3 aromatic rings. The molecule has 0 bridgehead atoms. The number of aryl methyl sites for hydroxylation is 1. The maximum atomic E-state index is 11.3. The van der Waals surface area contributed by atoms with Crippen molar-refractivity contribution in [3.63, 3.8) is 0 Å². The molecule has 4 rings (SSSR count). The second-order valence-corrected chi connectivity index (χ2v) is 7.08. The number of ether oxygens (including phenoxy) is 3. The van der Waals surface area contributed by atoms with Crippen molar-refractivity contribution in [1.82, 2.24) is 10.2 Å². The van der Waals surface area contributed by atoms with E-state index in [4.69, 9.17) is 19.9 Å². The molecule has 2 heterocycles. The van der Waals surface area contributed by atoms with E-state index in [1.54, 1.807) is 18.2 Å². The summed E-state index contributed by atoms with van der Waals surface area (Å²) < 4.78 is 16.7. The second-order valence-electron chi connectivity index (χ2n) is 7.08. The van der Waals surface area contributed by atoms with Crippen LogP contribution in [0.1, 0.15) is 28.3 Å². The number of nitrogens with zero attached hydrogens (tertiary/aromatic N) is 3. The zero-order valence-electron chi connectivity index (χ0n) is 17.3. The standard InChI is InChI=1S/C22H19N5O5/c1-12-19-20(15(10-23)21(24)32-22(19)26-25-12)13-7-8-17(30-2)14(9-13)11-31-18-6-4-3-5-16(18)27(28)29/h3-9,20H,11,24H2,1-2H3,(H,25,26)/t20-/m1/s1. The summed E-state index contributed by atoms with van der Waals surface area (Å²) in [5.41, 5.74) is 8.97. The lowest BCUT2D eigenvalue weighted by Crippen LogP contribution is -2.21. The third-order valence-corrected chi connectivity index (χ3v) is 5.21. The van der Waals surface area contributed by atoms with Gasteiger partial charge in [0.05, 0.1) is 18.0 Å². The Kier molecular flexibility index (Phi) is 5.39. The van der Waals surface area contributed by atoms with Gasteiger partial charge in [0.25, 0.3) is 0 Å². The number of rotatable bonds is 6. The van der Waals surface area contributed by atoms with Crippen LogP contribution in [-0.4, -0.2) is 22.2 Å². The summed E-state index contributed by atoms with van der Waals surface area (Å²) in [6.45, 7) is 1.85. The number of nitro benzene ring substituents is 1. The molecule has 3 N–H and O–H groups in total. The van der Waals surface area contributed by atoms with Crippen LogP contribution in [0.2, 0.25) is 0 Å². The molecule has 10 nitrogen and oxygen atoms in total. The number of para-hydroxylation sites is 2. The Bertz CT molecular complexity index is 1270. The van der Waals surface area contributed by atoms with E-state index in [2.05, 4.69) is 16.3 Å². The van der Waals surface area contributed by atoms with Crippen molar-refractivity contribution in [3.05, 3.63) is 86.4 Å². The van der Waals surface area contributed by atoms with Crippen LogP contribution in [0.15, 0.2) is 53.9 Å². The van der Waals surface area contributed by atoms with Crippen LogP contribution in [0.25, 0.3) is 0 Å². The lowest BCUT2D eigenvalue weighted by atomic mass is 9.83. The van der Waals surface area contributed by atoms with E-state index in [1.807, 2.05) is 19.1 Å². The van der Waals surface area contributed by atoms with E-state index < -0.39 is 10.8 Å². The molecule has 10 heteroatoms. The van der Waals surface area contributed by atoms with Gasteiger partial charge in [-0.2, -0.15) is 5.26 Å². The number of nitrogens with one attached hydrogen (secondary N) is 1. The summed E-state index contributed by atoms with van der Waals surface area (Å²) in [5.74, 6) is 0.491. The monoisotopic (exact) mass is 433 g/mol. The van der Waals surface area contributed by atoms with Gasteiger partial charge in [-0.1, -0.05) is 18.2 Å². The molecule has 0 aliphatic carbocycles. The second kappa shape index (κ2) is 8.31. The van der Waals surface area contributed by atoms with Crippen LogP contribution in [0.5, 0.6) is 17.4 Å². The first-order valence-electron chi connectivity index (χ1n) is 9.60. The minimum Gasteiger partial charge on any atom is -0.496 e. The van der Waals surface area contributed by atoms with E-state index in [0.29, 0.717) is 22.8 Å². The molecule has 162 valence electrons. The van der Waals surface area contributed by atoms with Crippen LogP contribution in [-0.2, 0) is 6.61 Å². The Morgan fingerprint density at radius 2 is 2.09 bits per heavy atom. The molecular formula is C22H19N5O5. The Balaban J connectivity index is 1.74. The van der Waals surface area contributed by atoms with Gasteiger partial charge in [0, 0.05) is 22.9 Å². The largest absolute Gasteiger partial charge is 0.496 e. The molecule has 0 amide bonds. The first-order valence-corrected chi connectivity index (χ1v) is 9.60. The molecule has 1 aliphatic heterocycles. The van der Waals surface area contributed by atoms with Gasteiger partial charge < -0.3 is 19.9 Å². The Labute approximate surface area is 183 Å². The smallest absolute Gasteiger partial charge is 0.310 e. The van der Waals surface area contributed by atoms with Gasteiger partial charge in [-0.3, -0.25) is 15.2 Å². The van der Waals surface area contributed by atoms with E-state index >= 15 is 0 Å². The summed E-state index contributed by atoms with van der Waals surface area (Å²) in [6.07, 6.45) is 0. The van der Waals surface area contributed by atoms with Crippen molar-refractivity contribution >= 4 is 5.69 Å². The topological polar surface area (TPSA) is 149 Å². The molecule has 2 aromatic carbocycles. The maximum absolute atomic E-state index is 11.3. The Morgan fingerprint density at radius 1 is 1.31 bits per heavy atom. The molecule has 0 radical (unpaired) electrons. The summed E-state index contributed by atoms with van der Waals surface area (Å²) in [7, 11) is 1.52. The first kappa shape index (κ1) is 20.7. The van der Waals surface area contributed by atoms with Crippen molar-refractivity contribution in [2.75, 3.05) is 7.11 Å². The number of hydrogen-bond donors (Lipinski definition) is 2. The molecule has 1 aliphatic rings. The number of hydrogen-bond acceptors (Lipinski definition) is 8. The van der Waals surface area contributed by atoms with Crippen LogP contribution in [0, 0.1) is 28.4 Å². The van der Waals surface area contributed by atoms with Crippen molar-refractivity contribution in [3.8, 4) is 23.4 Å². The fourth-order valence-corrected chi connectivity index (χ4v) is 3.71. The number of H-pyrrole nitrogens is 1. The summed E-state index contributed by atoms with van der Waals surface area (Å²) in [6, 6.07) is 13.7. The molecule has 0 spiro atoms. The van der Waals surface area contributed by atoms with Gasteiger partial charge in [0.1, 0.15) is 24.0 Å². The minimum absolute atomic E-state index is 0.00923. The highest BCUT2D eigenvalue weighted by Crippen LogP contribution is 2.43. The van der Waals surface area contributed by atoms with Crippen molar-refractivity contribution in [2.24, 2.45) is 5.73 Å². The normalized spacial score (nSPS) is 14.8. The SMILES string of the molecule is COc1ccc([C@@H]2C(C#N)=C(N)Oc3n[nH]c(C)c32)cc1COc1ccccc1[N+](=O)[O-]. The molecule has 1 atom stereocenters. The quantitative estimate of drug-likeness (QED) is 0.443. The van der Waals surface area contributed by atoms with Crippen LogP contribution < -0.4 is 19.9 Å². The van der Waals surface area contributed by atoms with Crippen LogP contribution >= 0.6 is 0 Å². The first-order chi connectivity index (χ1) is 15.4. The van der Waals surface area contributed by atoms with E-state index in [1.165, 1.54) is 19.2 Å². The number of benzene rings is 2. The number of nitro groups is 1. The summed E-state index contributed by atoms with van der Waals surface area (Å²) in [4.78, 5) is 10.8. The lowest BCUT2D eigenvalue weighted by molar-refractivity contribution is -0.385. The number of fused-ring (bicyclic) bond motifs is 1. The third kappa shape index (κ3) is 3.56. The van der Waals surface area contributed by atoms with Gasteiger partial charge in [0.15, 0.2) is 5.75 Å². The predicted molar refractivity (Wildman–Crippen MR) is 113 cm³/mol. The average molecular weight is 433 g/mol. The number of aromatic amines is 1. The fraction of sp³-hybridized carbons (Fsp3) is 0.182. The number of aromatic nitrogens is 2. The fourth-order valence-electron chi connectivity index (χ4n) is 3.71. The Morgan fingerprint density at radius 3 is 2.81 bits per heavy atom. The predicted octanol–water partition coefficient (Wildman–Crippen LogP) is 3.43. The highest BCUT2D eigenvalue weighted by atomic mass is 16.6. The minimum atomic E-state index is -0.502. The van der Waals surface area contributed by atoms with E-state index in [-0.39, 0.29) is 29.5 Å². The van der Waals surface area contributed by atoms with Gasteiger partial charge in [-0.15, -0.1) is 5.10 Å². The number of nitriles is 1. The third-order valence-electron chi connectivity index (χ3n) is 5.21. The zero-order valence-corrected chi connectivity index (χ0v) is 17.3. The zero-order chi connectivity index (χ0) is 22.8. The highest BCUT2D eigenvalue weighted by Gasteiger charge is 2.34. The van der Waals surface area contributed by atoms with Crippen LogP contribution in [0.3, 0.4) is 0 Å². The van der Waals surface area contributed by atoms with Crippen molar-refractivity contribution in [2.45, 2.75) is 19.4 Å². The molecule has 0 saturated heterocycles. The van der Waals surface area contributed by atoms with Crippen LogP contribution in [0.4, 0.5) is 5.69 Å². The molecule has 32 heavy (non-hydrogen) atoms. The van der Waals surface area contributed by atoms with Crippen molar-refractivity contribution < 1.29 is 19.1 Å². The van der Waals surface area contributed by atoms with Crippen molar-refractivity contribution in [1.29, 1.82) is 5.26 Å². The number of methoxy groups -OCH3 is 1. The highest BCUT2D eigenvalue weighted by molar-refractivity contribution is 5.56. The van der Waals surface area contributed by atoms with Gasteiger partial charge >= 0.3 is 5.69 Å². The average Bonchev–Trinajstić information content (AvgIpc) is 3.16. The van der Waals surface area contributed by atoms with Gasteiger partial charge in [-0.05, 0) is 30.7 Å². The molecule has 0 unspecified atom stereocenters. The number of nitrogens with two attached hydrogens (primary N) is 1. The molecule has 0 saturated carbocycles. The van der Waals surface area contributed by atoms with E-state index in [9.17, 15) is 15.4 Å². The Hall–Kier alpha value is -4.52. The molecule has 1 aromatic heterocycles. The maximum Gasteiger partial charge on any atom is 0.310 e. The summed E-state index contributed by atoms with van der Waals surface area (Å²) in [5, 5.41) is 28.0. The van der Waals surface area contributed by atoms with Gasteiger partial charge in [0.2, 0.25) is 11.8 Å². The van der Waals surface area contributed by atoms with E-state index in [0.717, 1.165) is 11.3 Å². The number of allylic oxidation sites excluding steroid dienone is 1. The van der Waals surface area contributed by atoms with Gasteiger partial charge in [-0.25, -0.2) is 0 Å². The molecule has 0 fully saturated rings. The summed E-state index contributed by atoms with van der Waals surface area (Å²) >= 11 is 0.